The maximum atomic E-state index is 12.4. The van der Waals surface area contributed by atoms with E-state index in [1.807, 2.05) is 74.6 Å². The Kier molecular flexibility index (Phi) is 3.74. The first-order valence-electron chi connectivity index (χ1n) is 7.14. The van der Waals surface area contributed by atoms with Crippen molar-refractivity contribution < 1.29 is 4.79 Å². The van der Waals surface area contributed by atoms with Crippen molar-refractivity contribution in [3.63, 3.8) is 0 Å². The highest BCUT2D eigenvalue weighted by Crippen LogP contribution is 2.16. The van der Waals surface area contributed by atoms with Gasteiger partial charge in [-0.25, -0.2) is 4.68 Å². The largest absolute Gasteiger partial charge is 0.320 e. The summed E-state index contributed by atoms with van der Waals surface area (Å²) in [7, 11) is 0. The number of hydrogen-bond donors (Lipinski definition) is 1. The molecule has 0 fully saturated rings. The number of para-hydroxylation sites is 2. The highest BCUT2D eigenvalue weighted by molar-refractivity contribution is 6.04. The molecule has 110 valence electrons. The minimum atomic E-state index is -0.193. The number of rotatable bonds is 3. The summed E-state index contributed by atoms with van der Waals surface area (Å²) in [5.74, 6) is -0.193. The van der Waals surface area contributed by atoms with Crippen molar-refractivity contribution in [1.29, 1.82) is 0 Å². The van der Waals surface area contributed by atoms with E-state index in [0.29, 0.717) is 5.69 Å². The average Bonchev–Trinajstić information content (AvgIpc) is 2.92. The summed E-state index contributed by atoms with van der Waals surface area (Å²) in [5, 5.41) is 7.33. The van der Waals surface area contributed by atoms with Gasteiger partial charge in [0.05, 0.1) is 5.69 Å². The second kappa shape index (κ2) is 5.85. The molecule has 0 aliphatic heterocycles. The van der Waals surface area contributed by atoms with E-state index in [1.54, 1.807) is 4.68 Å². The number of anilines is 1. The van der Waals surface area contributed by atoms with Crippen molar-refractivity contribution in [3.8, 4) is 5.69 Å². The lowest BCUT2D eigenvalue weighted by atomic mass is 10.2. The lowest BCUT2D eigenvalue weighted by Gasteiger charge is -2.06. The van der Waals surface area contributed by atoms with Crippen molar-refractivity contribution in [2.45, 2.75) is 13.8 Å². The van der Waals surface area contributed by atoms with E-state index in [9.17, 15) is 4.79 Å². The average molecular weight is 291 g/mol. The molecular formula is C18H17N3O. The zero-order valence-electron chi connectivity index (χ0n) is 12.6. The molecule has 0 aliphatic carbocycles. The second-order valence-corrected chi connectivity index (χ2v) is 5.21. The molecule has 1 heterocycles. The van der Waals surface area contributed by atoms with Crippen LogP contribution in [0.15, 0.2) is 60.8 Å². The summed E-state index contributed by atoms with van der Waals surface area (Å²) >= 11 is 0. The van der Waals surface area contributed by atoms with Crippen molar-refractivity contribution in [1.82, 2.24) is 9.78 Å². The number of carbonyl (C=O) groups is 1. The highest BCUT2D eigenvalue weighted by atomic mass is 16.2. The van der Waals surface area contributed by atoms with Crippen molar-refractivity contribution >= 4 is 11.6 Å². The summed E-state index contributed by atoms with van der Waals surface area (Å²) in [4.78, 5) is 12.4. The van der Waals surface area contributed by atoms with Gasteiger partial charge in [-0.05, 0) is 37.6 Å². The Balaban J connectivity index is 1.88. The molecule has 0 saturated heterocycles. The van der Waals surface area contributed by atoms with Crippen LogP contribution in [0.4, 0.5) is 5.69 Å². The van der Waals surface area contributed by atoms with Crippen molar-refractivity contribution in [2.75, 3.05) is 5.32 Å². The number of nitrogens with one attached hydrogen (secondary N) is 1. The normalized spacial score (nSPS) is 10.5. The van der Waals surface area contributed by atoms with Gasteiger partial charge in [0.25, 0.3) is 5.91 Å². The molecule has 0 atom stereocenters. The molecule has 4 nitrogen and oxygen atoms in total. The summed E-state index contributed by atoms with van der Waals surface area (Å²) in [6.07, 6.45) is 1.86. The van der Waals surface area contributed by atoms with Gasteiger partial charge < -0.3 is 5.32 Å². The van der Waals surface area contributed by atoms with E-state index in [2.05, 4.69) is 10.4 Å². The van der Waals surface area contributed by atoms with Crippen LogP contribution in [0.2, 0.25) is 0 Å². The number of nitrogens with zero attached hydrogens (tertiary/aromatic N) is 2. The van der Waals surface area contributed by atoms with Crippen LogP contribution in [-0.4, -0.2) is 15.7 Å². The molecule has 0 radical (unpaired) electrons. The van der Waals surface area contributed by atoms with Gasteiger partial charge in [-0.3, -0.25) is 4.79 Å². The smallest absolute Gasteiger partial charge is 0.276 e. The number of aryl methyl sites for hydroxylation is 2. The summed E-state index contributed by atoms with van der Waals surface area (Å²) in [5.41, 5.74) is 4.04. The lowest BCUT2D eigenvalue weighted by molar-refractivity contribution is 0.102. The molecule has 1 N–H and O–H groups in total. The van der Waals surface area contributed by atoms with E-state index in [0.717, 1.165) is 22.5 Å². The third-order valence-corrected chi connectivity index (χ3v) is 3.53. The fourth-order valence-corrected chi connectivity index (χ4v) is 2.29. The predicted molar refractivity (Wildman–Crippen MR) is 87.4 cm³/mol. The molecular weight excluding hydrogens is 274 g/mol. The van der Waals surface area contributed by atoms with Gasteiger partial charge in [-0.15, -0.1) is 0 Å². The molecule has 2 aromatic carbocycles. The van der Waals surface area contributed by atoms with Gasteiger partial charge in [-0.1, -0.05) is 36.4 Å². The number of benzene rings is 2. The van der Waals surface area contributed by atoms with Crippen LogP contribution in [0, 0.1) is 13.8 Å². The van der Waals surface area contributed by atoms with Crippen LogP contribution in [0.25, 0.3) is 5.69 Å². The topological polar surface area (TPSA) is 46.9 Å². The van der Waals surface area contributed by atoms with Gasteiger partial charge in [0, 0.05) is 17.4 Å². The molecule has 0 unspecified atom stereocenters. The Morgan fingerprint density at radius 2 is 1.64 bits per heavy atom. The monoisotopic (exact) mass is 291 g/mol. The number of carbonyl (C=O) groups excluding carboxylic acids is 1. The molecule has 3 aromatic rings. The summed E-state index contributed by atoms with van der Waals surface area (Å²) < 4.78 is 1.72. The van der Waals surface area contributed by atoms with Gasteiger partial charge in [-0.2, -0.15) is 5.10 Å². The third-order valence-electron chi connectivity index (χ3n) is 3.53. The Morgan fingerprint density at radius 3 is 2.36 bits per heavy atom. The van der Waals surface area contributed by atoms with Crippen LogP contribution in [0.1, 0.15) is 21.6 Å². The van der Waals surface area contributed by atoms with E-state index in [-0.39, 0.29) is 5.91 Å². The molecule has 0 spiro atoms. The van der Waals surface area contributed by atoms with E-state index in [1.165, 1.54) is 0 Å². The Bertz CT molecular complexity index is 806. The Labute approximate surface area is 129 Å². The van der Waals surface area contributed by atoms with Gasteiger partial charge >= 0.3 is 0 Å². The zero-order chi connectivity index (χ0) is 15.5. The van der Waals surface area contributed by atoms with Crippen LogP contribution >= 0.6 is 0 Å². The standard InChI is InChI=1S/C18H17N3O/c1-13-8-6-7-11-16(13)19-18(22)17-14(2)12-21(20-17)15-9-4-3-5-10-15/h3-12H,1-2H3,(H,19,22). The first-order valence-corrected chi connectivity index (χ1v) is 7.14. The number of hydrogen-bond acceptors (Lipinski definition) is 2. The van der Waals surface area contributed by atoms with Crippen LogP contribution in [-0.2, 0) is 0 Å². The molecule has 4 heteroatoms. The van der Waals surface area contributed by atoms with E-state index in [4.69, 9.17) is 0 Å². The van der Waals surface area contributed by atoms with Crippen LogP contribution < -0.4 is 5.32 Å². The molecule has 0 aliphatic rings. The van der Waals surface area contributed by atoms with Crippen molar-refractivity contribution in [2.24, 2.45) is 0 Å². The molecule has 0 saturated carbocycles. The first kappa shape index (κ1) is 14.1. The number of amides is 1. The van der Waals surface area contributed by atoms with Gasteiger partial charge in [0.15, 0.2) is 5.69 Å². The second-order valence-electron chi connectivity index (χ2n) is 5.21. The fourth-order valence-electron chi connectivity index (χ4n) is 2.29. The molecule has 0 bridgehead atoms. The lowest BCUT2D eigenvalue weighted by Crippen LogP contribution is -2.15. The fraction of sp³-hybridized carbons (Fsp3) is 0.111. The first-order chi connectivity index (χ1) is 10.6. The predicted octanol–water partition coefficient (Wildman–Crippen LogP) is 3.74. The third kappa shape index (κ3) is 2.76. The molecule has 1 aromatic heterocycles. The van der Waals surface area contributed by atoms with Gasteiger partial charge in [0.1, 0.15) is 0 Å². The minimum absolute atomic E-state index is 0.193. The minimum Gasteiger partial charge on any atom is -0.320 e. The maximum Gasteiger partial charge on any atom is 0.276 e. The maximum absolute atomic E-state index is 12.4. The van der Waals surface area contributed by atoms with Crippen molar-refractivity contribution in [3.05, 3.63) is 77.6 Å². The zero-order valence-corrected chi connectivity index (χ0v) is 12.6. The Hall–Kier alpha value is -2.88. The van der Waals surface area contributed by atoms with E-state index >= 15 is 0 Å². The molecule has 22 heavy (non-hydrogen) atoms. The van der Waals surface area contributed by atoms with Crippen LogP contribution in [0.5, 0.6) is 0 Å². The summed E-state index contributed by atoms with van der Waals surface area (Å²) in [6, 6.07) is 17.4. The quantitative estimate of drug-likeness (QED) is 0.799. The van der Waals surface area contributed by atoms with Gasteiger partial charge in [0.2, 0.25) is 0 Å². The number of aromatic nitrogens is 2. The van der Waals surface area contributed by atoms with E-state index < -0.39 is 0 Å². The summed E-state index contributed by atoms with van der Waals surface area (Å²) in [6.45, 7) is 3.85. The molecule has 1 amide bonds. The van der Waals surface area contributed by atoms with Crippen LogP contribution in [0.3, 0.4) is 0 Å². The highest BCUT2D eigenvalue weighted by Gasteiger charge is 2.15. The SMILES string of the molecule is Cc1ccccc1NC(=O)c1nn(-c2ccccc2)cc1C. The Morgan fingerprint density at radius 1 is 0.955 bits per heavy atom. The molecule has 3 rings (SSSR count).